The Morgan fingerprint density at radius 1 is 1.38 bits per heavy atom. The molecule has 6 heteroatoms. The zero-order chi connectivity index (χ0) is 15.4. The fourth-order valence-electron chi connectivity index (χ4n) is 2.02. The van der Waals surface area contributed by atoms with Crippen LogP contribution in [0.5, 0.6) is 0 Å². The molecule has 112 valence electrons. The largest absolute Gasteiger partial charge is 0.394 e. The van der Waals surface area contributed by atoms with E-state index in [1.807, 2.05) is 6.07 Å². The highest BCUT2D eigenvalue weighted by molar-refractivity contribution is 6.30. The molecule has 0 bridgehead atoms. The number of aromatic amines is 1. The molecule has 0 aliphatic carbocycles. The molecule has 21 heavy (non-hydrogen) atoms. The number of hydrogen-bond acceptors (Lipinski definition) is 4. The topological polar surface area (TPSA) is 78.0 Å². The summed E-state index contributed by atoms with van der Waals surface area (Å²) >= 11 is 5.63. The lowest BCUT2D eigenvalue weighted by Gasteiger charge is -2.17. The molecule has 1 aromatic carbocycles. The van der Waals surface area contributed by atoms with Gasteiger partial charge in [-0.1, -0.05) is 29.8 Å². The second-order valence-electron chi connectivity index (χ2n) is 5.06. The molecule has 0 amide bonds. The van der Waals surface area contributed by atoms with Crippen molar-refractivity contribution >= 4 is 17.5 Å². The molecule has 2 rings (SSSR count). The van der Waals surface area contributed by atoms with E-state index in [1.54, 1.807) is 0 Å². The first-order valence-corrected chi connectivity index (χ1v) is 7.05. The van der Waals surface area contributed by atoms with Gasteiger partial charge in [0.1, 0.15) is 5.02 Å². The lowest BCUT2D eigenvalue weighted by Crippen LogP contribution is -2.28. The Hall–Kier alpha value is -1.85. The Kier molecular flexibility index (Phi) is 4.98. The molecule has 3 N–H and O–H groups in total. The zero-order valence-electron chi connectivity index (χ0n) is 12.0. The number of nitrogens with zero attached hydrogens (tertiary/aromatic N) is 1. The van der Waals surface area contributed by atoms with Crippen LogP contribution in [0.3, 0.4) is 0 Å². The van der Waals surface area contributed by atoms with Gasteiger partial charge in [0.05, 0.1) is 18.8 Å². The van der Waals surface area contributed by atoms with Gasteiger partial charge in [-0.25, -0.2) is 4.98 Å². The molecule has 1 heterocycles. The lowest BCUT2D eigenvalue weighted by atomic mass is 10.0. The first-order valence-electron chi connectivity index (χ1n) is 6.68. The minimum absolute atomic E-state index is 0.0373. The highest BCUT2D eigenvalue weighted by atomic mass is 35.5. The van der Waals surface area contributed by atoms with E-state index in [4.69, 9.17) is 11.6 Å². The van der Waals surface area contributed by atoms with Crippen molar-refractivity contribution < 1.29 is 5.11 Å². The minimum atomic E-state index is -0.406. The summed E-state index contributed by atoms with van der Waals surface area (Å²) in [5, 5.41) is 12.5. The Balaban J connectivity index is 2.10. The molecule has 0 aliphatic rings. The van der Waals surface area contributed by atoms with Gasteiger partial charge in [-0.2, -0.15) is 0 Å². The van der Waals surface area contributed by atoms with Crippen molar-refractivity contribution in [3.63, 3.8) is 0 Å². The molecule has 0 saturated carbocycles. The minimum Gasteiger partial charge on any atom is -0.394 e. The number of aliphatic hydroxyl groups is 1. The SMILES string of the molecule is Cc1ccc(CC(CO)Nc2ncc(Cl)c(=O)[nH]2)cc1C. The molecule has 5 nitrogen and oxygen atoms in total. The number of halogens is 1. The number of rotatable bonds is 5. The van der Waals surface area contributed by atoms with Gasteiger partial charge in [0, 0.05) is 0 Å². The van der Waals surface area contributed by atoms with E-state index in [9.17, 15) is 9.90 Å². The molecule has 0 radical (unpaired) electrons. The first kappa shape index (κ1) is 15.5. The van der Waals surface area contributed by atoms with Gasteiger partial charge in [0.15, 0.2) is 0 Å². The Morgan fingerprint density at radius 2 is 2.14 bits per heavy atom. The van der Waals surface area contributed by atoms with Gasteiger partial charge < -0.3 is 10.4 Å². The highest BCUT2D eigenvalue weighted by Crippen LogP contribution is 2.13. The van der Waals surface area contributed by atoms with Crippen molar-refractivity contribution in [1.29, 1.82) is 0 Å². The quantitative estimate of drug-likeness (QED) is 0.790. The molecule has 2 aromatic rings. The maximum Gasteiger partial charge on any atom is 0.271 e. The normalized spacial score (nSPS) is 12.2. The second kappa shape index (κ2) is 6.74. The average Bonchev–Trinajstić information content (AvgIpc) is 2.46. The molecular formula is C15H18ClN3O2. The zero-order valence-corrected chi connectivity index (χ0v) is 12.7. The van der Waals surface area contributed by atoms with Gasteiger partial charge in [-0.15, -0.1) is 0 Å². The maximum absolute atomic E-state index is 11.4. The number of H-pyrrole nitrogens is 1. The van der Waals surface area contributed by atoms with Crippen LogP contribution in [0, 0.1) is 13.8 Å². The van der Waals surface area contributed by atoms with Gasteiger partial charge in [-0.3, -0.25) is 9.78 Å². The van der Waals surface area contributed by atoms with Crippen molar-refractivity contribution in [2.45, 2.75) is 26.3 Å². The smallest absolute Gasteiger partial charge is 0.271 e. The maximum atomic E-state index is 11.4. The lowest BCUT2D eigenvalue weighted by molar-refractivity contribution is 0.273. The third-order valence-corrected chi connectivity index (χ3v) is 3.64. The average molecular weight is 308 g/mol. The fraction of sp³-hybridized carbons (Fsp3) is 0.333. The van der Waals surface area contributed by atoms with E-state index in [1.165, 1.54) is 17.3 Å². The Morgan fingerprint density at radius 3 is 2.76 bits per heavy atom. The predicted molar refractivity (Wildman–Crippen MR) is 84.0 cm³/mol. The summed E-state index contributed by atoms with van der Waals surface area (Å²) in [5.74, 6) is 0.298. The van der Waals surface area contributed by atoms with E-state index >= 15 is 0 Å². The summed E-state index contributed by atoms with van der Waals surface area (Å²) in [7, 11) is 0. The number of aryl methyl sites for hydroxylation is 2. The van der Waals surface area contributed by atoms with Gasteiger partial charge in [-0.05, 0) is 37.0 Å². The molecular weight excluding hydrogens is 290 g/mol. The summed E-state index contributed by atoms with van der Waals surface area (Å²) in [5.41, 5.74) is 3.15. The number of hydrogen-bond donors (Lipinski definition) is 3. The van der Waals surface area contributed by atoms with E-state index in [0.717, 1.165) is 5.56 Å². The molecule has 0 spiro atoms. The van der Waals surface area contributed by atoms with Crippen LogP contribution in [0.1, 0.15) is 16.7 Å². The summed E-state index contributed by atoms with van der Waals surface area (Å²) in [4.78, 5) is 17.9. The van der Waals surface area contributed by atoms with Crippen LogP contribution >= 0.6 is 11.6 Å². The Bertz CT molecular complexity index is 685. The van der Waals surface area contributed by atoms with Crippen LogP contribution in [0.15, 0.2) is 29.2 Å². The van der Waals surface area contributed by atoms with E-state index < -0.39 is 5.56 Å². The van der Waals surface area contributed by atoms with Crippen LogP contribution in [-0.2, 0) is 6.42 Å². The molecule has 0 aliphatic heterocycles. The molecule has 0 fully saturated rings. The predicted octanol–water partition coefficient (Wildman–Crippen LogP) is 2.06. The van der Waals surface area contributed by atoms with Gasteiger partial charge >= 0.3 is 0 Å². The van der Waals surface area contributed by atoms with Gasteiger partial charge in [0.25, 0.3) is 5.56 Å². The van der Waals surface area contributed by atoms with E-state index in [0.29, 0.717) is 12.4 Å². The van der Waals surface area contributed by atoms with Crippen molar-refractivity contribution in [2.75, 3.05) is 11.9 Å². The Labute approximate surface area is 128 Å². The number of benzene rings is 1. The fourth-order valence-corrected chi connectivity index (χ4v) is 2.12. The monoisotopic (exact) mass is 307 g/mol. The summed E-state index contributed by atoms with van der Waals surface area (Å²) in [6.07, 6.45) is 1.91. The number of anilines is 1. The van der Waals surface area contributed by atoms with Gasteiger partial charge in [0.2, 0.25) is 5.95 Å². The van der Waals surface area contributed by atoms with E-state index in [-0.39, 0.29) is 17.7 Å². The van der Waals surface area contributed by atoms with E-state index in [2.05, 4.69) is 41.3 Å². The summed E-state index contributed by atoms with van der Waals surface area (Å²) in [6.45, 7) is 4.04. The molecule has 0 saturated heterocycles. The third-order valence-electron chi connectivity index (χ3n) is 3.37. The standard InChI is InChI=1S/C15H18ClN3O2/c1-9-3-4-11(5-10(9)2)6-12(8-20)18-15-17-7-13(16)14(21)19-15/h3-5,7,12,20H,6,8H2,1-2H3,(H2,17,18,19,21). The third kappa shape index (κ3) is 4.06. The molecule has 1 unspecified atom stereocenters. The second-order valence-corrected chi connectivity index (χ2v) is 5.46. The van der Waals surface area contributed by atoms with Crippen LogP contribution in [0.25, 0.3) is 0 Å². The number of aromatic nitrogens is 2. The van der Waals surface area contributed by atoms with Crippen LogP contribution in [0.4, 0.5) is 5.95 Å². The van der Waals surface area contributed by atoms with Crippen LogP contribution in [0.2, 0.25) is 5.02 Å². The number of aliphatic hydroxyl groups excluding tert-OH is 1. The molecule has 1 atom stereocenters. The van der Waals surface area contributed by atoms with Crippen LogP contribution < -0.4 is 10.9 Å². The van der Waals surface area contributed by atoms with Crippen molar-refractivity contribution in [3.8, 4) is 0 Å². The van der Waals surface area contributed by atoms with Crippen molar-refractivity contribution in [3.05, 3.63) is 56.5 Å². The van der Waals surface area contributed by atoms with Crippen molar-refractivity contribution in [2.24, 2.45) is 0 Å². The first-order chi connectivity index (χ1) is 9.99. The van der Waals surface area contributed by atoms with Crippen molar-refractivity contribution in [1.82, 2.24) is 9.97 Å². The summed E-state index contributed by atoms with van der Waals surface area (Å²) < 4.78 is 0. The highest BCUT2D eigenvalue weighted by Gasteiger charge is 2.11. The summed E-state index contributed by atoms with van der Waals surface area (Å²) in [6, 6.07) is 5.95. The number of nitrogens with one attached hydrogen (secondary N) is 2. The van der Waals surface area contributed by atoms with Crippen LogP contribution in [-0.4, -0.2) is 27.7 Å². The molecule has 1 aromatic heterocycles.